The summed E-state index contributed by atoms with van der Waals surface area (Å²) < 4.78 is 4.49. The Morgan fingerprint density at radius 3 is 2.00 bits per heavy atom. The number of esters is 1. The highest BCUT2D eigenvalue weighted by molar-refractivity contribution is 5.76. The molecule has 0 aliphatic carbocycles. The van der Waals surface area contributed by atoms with E-state index in [9.17, 15) is 9.59 Å². The maximum absolute atomic E-state index is 10.5. The third-order valence-corrected chi connectivity index (χ3v) is 1.71. The minimum absolute atomic E-state index is 0.0385. The quantitative estimate of drug-likeness (QED) is 0.715. The van der Waals surface area contributed by atoms with Crippen molar-refractivity contribution in [3.05, 3.63) is 0 Å². The van der Waals surface area contributed by atoms with Crippen LogP contribution in [0.1, 0.15) is 53.4 Å². The van der Waals surface area contributed by atoms with Gasteiger partial charge in [-0.25, -0.2) is 0 Å². The molecule has 0 fully saturated rings. The number of carboxylic acids is 1. The van der Waals surface area contributed by atoms with Crippen LogP contribution in [0, 0.1) is 5.92 Å². The molecule has 0 radical (unpaired) electrons. The molecule has 0 bridgehead atoms. The summed E-state index contributed by atoms with van der Waals surface area (Å²) >= 11 is 0. The summed E-state index contributed by atoms with van der Waals surface area (Å²) in [6.45, 7) is 8.71. The van der Waals surface area contributed by atoms with Gasteiger partial charge in [-0.2, -0.15) is 0 Å². The summed E-state index contributed by atoms with van der Waals surface area (Å²) in [6, 6.07) is 0. The van der Waals surface area contributed by atoms with Crippen LogP contribution in [0.25, 0.3) is 0 Å². The molecule has 0 heterocycles. The van der Waals surface area contributed by atoms with Crippen molar-refractivity contribution in [2.24, 2.45) is 5.92 Å². The Bertz CT molecular complexity index is 187. The SMILES string of the molecule is CCCC(C)C.CCOC(=O)CCC(=O)O. The second kappa shape index (κ2) is 12.0. The minimum Gasteiger partial charge on any atom is -0.481 e. The zero-order valence-corrected chi connectivity index (χ0v) is 10.8. The molecule has 0 unspecified atom stereocenters. The first-order chi connectivity index (χ1) is 7.43. The van der Waals surface area contributed by atoms with Crippen LogP contribution < -0.4 is 0 Å². The van der Waals surface area contributed by atoms with E-state index in [2.05, 4.69) is 25.5 Å². The number of carboxylic acid groups (broad SMARTS) is 1. The molecule has 0 saturated heterocycles. The molecular formula is C12H24O4. The first-order valence-electron chi connectivity index (χ1n) is 5.81. The van der Waals surface area contributed by atoms with Gasteiger partial charge in [-0.15, -0.1) is 0 Å². The topological polar surface area (TPSA) is 63.6 Å². The second-order valence-corrected chi connectivity index (χ2v) is 3.88. The molecule has 4 nitrogen and oxygen atoms in total. The number of carbonyl (C=O) groups excluding carboxylic acids is 1. The molecule has 0 amide bonds. The summed E-state index contributed by atoms with van der Waals surface area (Å²) in [5, 5.41) is 8.12. The summed E-state index contributed by atoms with van der Waals surface area (Å²) in [4.78, 5) is 20.4. The van der Waals surface area contributed by atoms with Crippen LogP contribution in [0.2, 0.25) is 0 Å². The summed E-state index contributed by atoms with van der Waals surface area (Å²) in [5.41, 5.74) is 0. The third kappa shape index (κ3) is 18.7. The fraction of sp³-hybridized carbons (Fsp3) is 0.833. The lowest BCUT2D eigenvalue weighted by Gasteiger charge is -1.97. The molecule has 16 heavy (non-hydrogen) atoms. The Kier molecular flexibility index (Phi) is 13.0. The van der Waals surface area contributed by atoms with Crippen LogP contribution in [0.15, 0.2) is 0 Å². The molecule has 0 saturated carbocycles. The first kappa shape index (κ1) is 17.3. The number of rotatable bonds is 6. The van der Waals surface area contributed by atoms with E-state index in [1.807, 2.05) is 0 Å². The van der Waals surface area contributed by atoms with Gasteiger partial charge in [-0.1, -0.05) is 33.6 Å². The predicted molar refractivity (Wildman–Crippen MR) is 63.2 cm³/mol. The van der Waals surface area contributed by atoms with Gasteiger partial charge < -0.3 is 9.84 Å². The Morgan fingerprint density at radius 2 is 1.75 bits per heavy atom. The number of carbonyl (C=O) groups is 2. The molecule has 0 aliphatic heterocycles. The second-order valence-electron chi connectivity index (χ2n) is 3.88. The predicted octanol–water partition coefficient (Wildman–Crippen LogP) is 2.86. The molecule has 0 aromatic rings. The van der Waals surface area contributed by atoms with E-state index in [1.54, 1.807) is 6.92 Å². The molecular weight excluding hydrogens is 208 g/mol. The van der Waals surface area contributed by atoms with Gasteiger partial charge in [0.05, 0.1) is 19.4 Å². The van der Waals surface area contributed by atoms with Crippen LogP contribution >= 0.6 is 0 Å². The molecule has 0 rings (SSSR count). The normalized spacial score (nSPS) is 9.31. The van der Waals surface area contributed by atoms with Crippen LogP contribution in [0.4, 0.5) is 0 Å². The van der Waals surface area contributed by atoms with Gasteiger partial charge in [-0.3, -0.25) is 9.59 Å². The van der Waals surface area contributed by atoms with E-state index in [-0.39, 0.29) is 12.8 Å². The molecule has 0 aromatic heterocycles. The smallest absolute Gasteiger partial charge is 0.306 e. The van der Waals surface area contributed by atoms with Crippen molar-refractivity contribution in [3.63, 3.8) is 0 Å². The first-order valence-corrected chi connectivity index (χ1v) is 5.81. The van der Waals surface area contributed by atoms with Crippen molar-refractivity contribution < 1.29 is 19.4 Å². The van der Waals surface area contributed by atoms with Gasteiger partial charge in [0.2, 0.25) is 0 Å². The Morgan fingerprint density at radius 1 is 1.19 bits per heavy atom. The third-order valence-electron chi connectivity index (χ3n) is 1.71. The lowest BCUT2D eigenvalue weighted by Crippen LogP contribution is -2.06. The highest BCUT2D eigenvalue weighted by Gasteiger charge is 2.04. The van der Waals surface area contributed by atoms with Gasteiger partial charge in [0.25, 0.3) is 0 Å². The van der Waals surface area contributed by atoms with Crippen LogP contribution in [0.3, 0.4) is 0 Å². The zero-order valence-electron chi connectivity index (χ0n) is 10.8. The molecule has 0 atom stereocenters. The van der Waals surface area contributed by atoms with E-state index in [0.717, 1.165) is 5.92 Å². The van der Waals surface area contributed by atoms with E-state index < -0.39 is 11.9 Å². The van der Waals surface area contributed by atoms with E-state index >= 15 is 0 Å². The summed E-state index contributed by atoms with van der Waals surface area (Å²) in [6.07, 6.45) is 2.51. The van der Waals surface area contributed by atoms with Crippen LogP contribution in [0.5, 0.6) is 0 Å². The van der Waals surface area contributed by atoms with Gasteiger partial charge in [0.15, 0.2) is 0 Å². The molecule has 96 valence electrons. The van der Waals surface area contributed by atoms with E-state index in [4.69, 9.17) is 5.11 Å². The van der Waals surface area contributed by atoms with E-state index in [0.29, 0.717) is 6.61 Å². The van der Waals surface area contributed by atoms with Crippen molar-refractivity contribution in [1.82, 2.24) is 0 Å². The van der Waals surface area contributed by atoms with Crippen molar-refractivity contribution in [1.29, 1.82) is 0 Å². The van der Waals surface area contributed by atoms with Gasteiger partial charge in [0.1, 0.15) is 0 Å². The van der Waals surface area contributed by atoms with Crippen molar-refractivity contribution >= 4 is 11.9 Å². The molecule has 4 heteroatoms. The Hall–Kier alpha value is -1.06. The van der Waals surface area contributed by atoms with Crippen molar-refractivity contribution in [2.75, 3.05) is 6.61 Å². The molecule has 1 N–H and O–H groups in total. The van der Waals surface area contributed by atoms with E-state index in [1.165, 1.54) is 12.8 Å². The molecule has 0 spiro atoms. The lowest BCUT2D eigenvalue weighted by atomic mass is 10.1. The van der Waals surface area contributed by atoms with Gasteiger partial charge in [-0.05, 0) is 12.8 Å². The highest BCUT2D eigenvalue weighted by Crippen LogP contribution is 2.00. The highest BCUT2D eigenvalue weighted by atomic mass is 16.5. The molecule has 0 aromatic carbocycles. The number of ether oxygens (including phenoxy) is 1. The van der Waals surface area contributed by atoms with Crippen molar-refractivity contribution in [3.8, 4) is 0 Å². The summed E-state index contributed by atoms with van der Waals surface area (Å²) in [7, 11) is 0. The van der Waals surface area contributed by atoms with Gasteiger partial charge in [0, 0.05) is 0 Å². The van der Waals surface area contributed by atoms with Crippen LogP contribution in [-0.2, 0) is 14.3 Å². The maximum Gasteiger partial charge on any atom is 0.306 e. The maximum atomic E-state index is 10.5. The van der Waals surface area contributed by atoms with Crippen LogP contribution in [-0.4, -0.2) is 23.7 Å². The Labute approximate surface area is 98.0 Å². The monoisotopic (exact) mass is 232 g/mol. The average molecular weight is 232 g/mol. The average Bonchev–Trinajstić information content (AvgIpc) is 2.16. The minimum atomic E-state index is -0.979. The molecule has 0 aliphatic rings. The summed E-state index contributed by atoms with van der Waals surface area (Å²) in [5.74, 6) is -0.534. The number of aliphatic carboxylic acids is 1. The number of hydrogen-bond donors (Lipinski definition) is 1. The fourth-order valence-corrected chi connectivity index (χ4v) is 1.02. The van der Waals surface area contributed by atoms with Gasteiger partial charge >= 0.3 is 11.9 Å². The standard InChI is InChI=1S/C6H10O4.C6H14/c1-2-10-6(9)4-3-5(7)8;1-4-5-6(2)3/h2-4H2,1H3,(H,7,8);6H,4-5H2,1-3H3. The Balaban J connectivity index is 0. The zero-order chi connectivity index (χ0) is 13.0. The van der Waals surface area contributed by atoms with Crippen molar-refractivity contribution in [2.45, 2.75) is 53.4 Å². The number of hydrogen-bond acceptors (Lipinski definition) is 3. The largest absolute Gasteiger partial charge is 0.481 e. The lowest BCUT2D eigenvalue weighted by molar-refractivity contribution is -0.147. The fourth-order valence-electron chi connectivity index (χ4n) is 1.02.